The van der Waals surface area contributed by atoms with E-state index in [2.05, 4.69) is 25.8 Å². The van der Waals surface area contributed by atoms with Gasteiger partial charge in [0.05, 0.1) is 48.0 Å². The van der Waals surface area contributed by atoms with Gasteiger partial charge in [-0.15, -0.1) is 0 Å². The average molecular weight is 704 g/mol. The van der Waals surface area contributed by atoms with E-state index in [1.807, 2.05) is 36.4 Å². The number of piperazine rings is 1. The van der Waals surface area contributed by atoms with Gasteiger partial charge in [-0.25, -0.2) is 9.97 Å². The maximum absolute atomic E-state index is 11.5. The van der Waals surface area contributed by atoms with Gasteiger partial charge in [-0.05, 0) is 25.2 Å². The van der Waals surface area contributed by atoms with E-state index in [0.29, 0.717) is 76.5 Å². The second-order valence-electron chi connectivity index (χ2n) is 12.8. The molecule has 49 heavy (non-hydrogen) atoms. The highest BCUT2D eigenvalue weighted by Gasteiger charge is 2.34. The number of methoxy groups -OCH3 is 2. The third kappa shape index (κ3) is 7.51. The molecular weight excluding hydrogens is 663 g/mol. The van der Waals surface area contributed by atoms with Crippen molar-refractivity contribution in [2.45, 2.75) is 50.9 Å². The molecule has 1 saturated carbocycles. The zero-order valence-electron chi connectivity index (χ0n) is 27.6. The zero-order chi connectivity index (χ0) is 33.9. The fourth-order valence-corrected chi connectivity index (χ4v) is 7.34. The van der Waals surface area contributed by atoms with Crippen LogP contribution in [0.5, 0.6) is 11.8 Å². The molecule has 3 fully saturated rings. The number of rotatable bonds is 12. The Morgan fingerprint density at radius 1 is 0.878 bits per heavy atom. The van der Waals surface area contributed by atoms with Crippen molar-refractivity contribution in [3.05, 3.63) is 70.2 Å². The molecule has 2 aliphatic heterocycles. The van der Waals surface area contributed by atoms with Crippen LogP contribution < -0.4 is 25.4 Å². The zero-order valence-corrected chi connectivity index (χ0v) is 29.2. The normalized spacial score (nSPS) is 19.6. The van der Waals surface area contributed by atoms with Crippen LogP contribution in [0.15, 0.2) is 48.8 Å². The van der Waals surface area contributed by atoms with E-state index in [9.17, 15) is 4.79 Å². The second-order valence-corrected chi connectivity index (χ2v) is 13.6. The minimum Gasteiger partial charge on any atom is -0.480 e. The summed E-state index contributed by atoms with van der Waals surface area (Å²) in [6.45, 7) is 4.73. The molecule has 256 valence electrons. The Bertz CT molecular complexity index is 1840. The highest BCUT2D eigenvalue weighted by molar-refractivity contribution is 6.39. The van der Waals surface area contributed by atoms with Crippen LogP contribution in [0.4, 0.5) is 0 Å². The first-order chi connectivity index (χ1) is 23.9. The first-order valence-corrected chi connectivity index (χ1v) is 17.5. The molecule has 2 aromatic heterocycles. The fraction of sp³-hybridized carbons (Fsp3) is 0.417. The molecule has 2 atom stereocenters. The van der Waals surface area contributed by atoms with Crippen LogP contribution >= 0.6 is 23.2 Å². The Morgan fingerprint density at radius 2 is 1.49 bits per heavy atom. The Morgan fingerprint density at radius 3 is 2.08 bits per heavy atom. The fourth-order valence-electron chi connectivity index (χ4n) is 6.69. The lowest BCUT2D eigenvalue weighted by atomic mass is 9.98. The molecule has 3 aliphatic rings. The Kier molecular flexibility index (Phi) is 10.2. The van der Waals surface area contributed by atoms with Gasteiger partial charge in [0, 0.05) is 80.0 Å². The molecular formula is C36H40Cl2N8O3. The van der Waals surface area contributed by atoms with Gasteiger partial charge in [0.15, 0.2) is 0 Å². The van der Waals surface area contributed by atoms with Crippen molar-refractivity contribution in [1.82, 2.24) is 40.8 Å². The molecule has 3 N–H and O–H groups in total. The van der Waals surface area contributed by atoms with E-state index in [1.165, 1.54) is 12.8 Å². The monoisotopic (exact) mass is 702 g/mol. The molecule has 7 rings (SSSR count). The van der Waals surface area contributed by atoms with Gasteiger partial charge < -0.3 is 25.4 Å². The molecule has 0 radical (unpaired) electrons. The Balaban J connectivity index is 1.10. The number of ether oxygens (including phenoxy) is 2. The molecule has 4 heterocycles. The molecule has 1 amide bonds. The van der Waals surface area contributed by atoms with Crippen LogP contribution in [0.3, 0.4) is 0 Å². The summed E-state index contributed by atoms with van der Waals surface area (Å²) in [6.07, 6.45) is 7.47. The van der Waals surface area contributed by atoms with Gasteiger partial charge in [0.1, 0.15) is 11.4 Å². The minimum absolute atomic E-state index is 0.0893. The summed E-state index contributed by atoms with van der Waals surface area (Å²) in [5.41, 5.74) is 5.58. The van der Waals surface area contributed by atoms with Crippen molar-refractivity contribution in [2.75, 3.05) is 40.4 Å². The van der Waals surface area contributed by atoms with E-state index in [1.54, 1.807) is 26.6 Å². The molecule has 2 aromatic carbocycles. The maximum Gasteiger partial charge on any atom is 0.237 e. The van der Waals surface area contributed by atoms with Crippen LogP contribution in [-0.4, -0.2) is 83.2 Å². The molecule has 0 bridgehead atoms. The topological polar surface area (TPSA) is 126 Å². The van der Waals surface area contributed by atoms with Gasteiger partial charge in [0.2, 0.25) is 17.7 Å². The van der Waals surface area contributed by atoms with E-state index in [-0.39, 0.29) is 11.9 Å². The highest BCUT2D eigenvalue weighted by Crippen LogP contribution is 2.42. The smallest absolute Gasteiger partial charge is 0.237 e. The predicted octanol–water partition coefficient (Wildman–Crippen LogP) is 5.14. The van der Waals surface area contributed by atoms with Crippen LogP contribution in [0.25, 0.3) is 33.6 Å². The Hall–Kier alpha value is -3.87. The SMILES string of the molecule is COc1nc(-c2cccc(-c3cccc(-c4cnc(CN5CCN[C@H](C6CC6)C5)c(OC)n4)c3Cl)c2Cl)cnc1CNC[C@@H]1CCC(=O)N1. The summed E-state index contributed by atoms with van der Waals surface area (Å²) in [7, 11) is 3.20. The summed E-state index contributed by atoms with van der Waals surface area (Å²) >= 11 is 14.2. The lowest BCUT2D eigenvalue weighted by Crippen LogP contribution is -2.51. The minimum atomic E-state index is 0.0893. The van der Waals surface area contributed by atoms with E-state index >= 15 is 0 Å². The summed E-state index contributed by atoms with van der Waals surface area (Å²) in [5, 5.41) is 11.0. The Labute approximate surface area is 296 Å². The largest absolute Gasteiger partial charge is 0.480 e. The van der Waals surface area contributed by atoms with Crippen molar-refractivity contribution >= 4 is 29.1 Å². The summed E-state index contributed by atoms with van der Waals surface area (Å²) in [6, 6.07) is 12.2. The summed E-state index contributed by atoms with van der Waals surface area (Å²) in [4.78, 5) is 33.0. The number of carbonyl (C=O) groups excluding carboxylic acids is 1. The maximum atomic E-state index is 11.5. The number of aromatic nitrogens is 4. The number of hydrogen-bond acceptors (Lipinski definition) is 10. The average Bonchev–Trinajstić information content (AvgIpc) is 3.90. The molecule has 4 aromatic rings. The van der Waals surface area contributed by atoms with Gasteiger partial charge in [0.25, 0.3) is 0 Å². The quantitative estimate of drug-likeness (QED) is 0.183. The van der Waals surface area contributed by atoms with Crippen molar-refractivity contribution in [3.63, 3.8) is 0 Å². The lowest BCUT2D eigenvalue weighted by Gasteiger charge is -2.33. The number of carbonyl (C=O) groups is 1. The molecule has 1 aliphatic carbocycles. The van der Waals surface area contributed by atoms with E-state index in [4.69, 9.17) is 47.6 Å². The van der Waals surface area contributed by atoms with Gasteiger partial charge >= 0.3 is 0 Å². The molecule has 2 saturated heterocycles. The standard InChI is InChI=1S/C36H40Cl2N8O3/c1-48-35-29(16-39-15-22-11-12-32(47)43-22)41-17-27(44-35)25-7-3-5-23(33(25)37)24-6-4-8-26(34(24)38)28-18-42-31(36(45-28)49-2)20-46-14-13-40-30(19-46)21-9-10-21/h3-8,17-18,21-22,30,39-40H,9-16,19-20H2,1-2H3,(H,43,47)/t22-,30-/m0/s1. The number of nitrogens with one attached hydrogen (secondary N) is 3. The van der Waals surface area contributed by atoms with Gasteiger partial charge in [-0.2, -0.15) is 0 Å². The van der Waals surface area contributed by atoms with Crippen molar-refractivity contribution in [2.24, 2.45) is 5.92 Å². The lowest BCUT2D eigenvalue weighted by molar-refractivity contribution is -0.119. The highest BCUT2D eigenvalue weighted by atomic mass is 35.5. The molecule has 13 heteroatoms. The second kappa shape index (κ2) is 14.9. The summed E-state index contributed by atoms with van der Waals surface area (Å²) in [5.74, 6) is 1.78. The van der Waals surface area contributed by atoms with Crippen LogP contribution in [0, 0.1) is 5.92 Å². The molecule has 11 nitrogen and oxygen atoms in total. The number of benzene rings is 2. The first kappa shape index (κ1) is 33.6. The van der Waals surface area contributed by atoms with Crippen LogP contribution in [0.1, 0.15) is 37.1 Å². The van der Waals surface area contributed by atoms with Gasteiger partial charge in [-0.3, -0.25) is 19.7 Å². The third-order valence-electron chi connectivity index (χ3n) is 9.47. The molecule has 0 unspecified atom stereocenters. The number of hydrogen-bond donors (Lipinski definition) is 3. The third-order valence-corrected chi connectivity index (χ3v) is 10.3. The predicted molar refractivity (Wildman–Crippen MR) is 190 cm³/mol. The number of amides is 1. The van der Waals surface area contributed by atoms with Crippen molar-refractivity contribution in [1.29, 1.82) is 0 Å². The number of nitrogens with zero attached hydrogens (tertiary/aromatic N) is 5. The first-order valence-electron chi connectivity index (χ1n) is 16.8. The van der Waals surface area contributed by atoms with Crippen molar-refractivity contribution in [3.8, 4) is 45.4 Å². The number of halogens is 2. The van der Waals surface area contributed by atoms with Crippen LogP contribution in [-0.2, 0) is 17.9 Å². The van der Waals surface area contributed by atoms with Crippen LogP contribution in [0.2, 0.25) is 10.0 Å². The molecule has 0 spiro atoms. The van der Waals surface area contributed by atoms with Crippen molar-refractivity contribution < 1.29 is 14.3 Å². The van der Waals surface area contributed by atoms with E-state index in [0.717, 1.165) is 54.4 Å². The van der Waals surface area contributed by atoms with Gasteiger partial charge in [-0.1, -0.05) is 59.6 Å². The van der Waals surface area contributed by atoms with E-state index < -0.39 is 0 Å². The summed E-state index contributed by atoms with van der Waals surface area (Å²) < 4.78 is 11.3.